The molecule has 2 N–H and O–H groups in total. The number of benzene rings is 2. The van der Waals surface area contributed by atoms with Crippen LogP contribution in [0.15, 0.2) is 47.3 Å². The number of para-hydroxylation sites is 1. The number of hydrogen-bond donors (Lipinski definition) is 2. The molecule has 1 unspecified atom stereocenters. The molecule has 0 bridgehead atoms. The van der Waals surface area contributed by atoms with E-state index in [1.54, 1.807) is 46.8 Å². The van der Waals surface area contributed by atoms with Crippen LogP contribution in [0.4, 0.5) is 5.69 Å². The first-order valence-electron chi connectivity index (χ1n) is 10.7. The van der Waals surface area contributed by atoms with Crippen molar-refractivity contribution in [3.8, 4) is 17.1 Å². The van der Waals surface area contributed by atoms with Gasteiger partial charge in [0.05, 0.1) is 15.7 Å². The number of anilines is 1. The average Bonchev–Trinajstić information content (AvgIpc) is 2.83. The van der Waals surface area contributed by atoms with Gasteiger partial charge in [0.15, 0.2) is 5.69 Å². The maximum absolute atomic E-state index is 13.1. The summed E-state index contributed by atoms with van der Waals surface area (Å²) in [5.74, 6) is -0.986. The van der Waals surface area contributed by atoms with E-state index in [2.05, 4.69) is 10.3 Å². The van der Waals surface area contributed by atoms with Crippen LogP contribution < -0.4 is 15.2 Å². The van der Waals surface area contributed by atoms with Gasteiger partial charge in [-0.2, -0.15) is 0 Å². The topological polar surface area (TPSA) is 105 Å². The summed E-state index contributed by atoms with van der Waals surface area (Å²) in [5.41, 5.74) is 0.498. The Kier molecular flexibility index (Phi) is 7.37. The van der Waals surface area contributed by atoms with Crippen molar-refractivity contribution in [2.24, 2.45) is 7.05 Å². The summed E-state index contributed by atoms with van der Waals surface area (Å²) >= 11 is 17.3. The summed E-state index contributed by atoms with van der Waals surface area (Å²) in [6.07, 6.45) is 1.60. The molecule has 0 aliphatic carbocycles. The third-order valence-corrected chi connectivity index (χ3v) is 9.32. The number of rotatable bonds is 5. The highest BCUT2D eigenvalue weighted by molar-refractivity contribution is 8.33. The normalized spacial score (nSPS) is 17.9. The predicted molar refractivity (Wildman–Crippen MR) is 141 cm³/mol. The van der Waals surface area contributed by atoms with E-state index in [1.165, 1.54) is 7.05 Å². The highest BCUT2D eigenvalue weighted by atomic mass is 35.5. The van der Waals surface area contributed by atoms with Crippen LogP contribution in [0.3, 0.4) is 0 Å². The molecule has 4 rings (SSSR count). The summed E-state index contributed by atoms with van der Waals surface area (Å²) in [4.78, 5) is 30.1. The number of carbonyl (C=O) groups is 1. The van der Waals surface area contributed by atoms with Gasteiger partial charge in [-0.05, 0) is 42.7 Å². The largest absolute Gasteiger partial charge is 0.501 e. The Bertz CT molecular complexity index is 1470. The number of nitrogens with zero attached hydrogens (tertiary/aromatic N) is 3. The molecule has 12 heteroatoms. The van der Waals surface area contributed by atoms with E-state index in [0.29, 0.717) is 39.2 Å². The zero-order valence-electron chi connectivity index (χ0n) is 18.7. The lowest BCUT2D eigenvalue weighted by molar-refractivity contribution is 0.0942. The van der Waals surface area contributed by atoms with E-state index < -0.39 is 31.6 Å². The summed E-state index contributed by atoms with van der Waals surface area (Å²) < 4.78 is 15.9. The van der Waals surface area contributed by atoms with Gasteiger partial charge >= 0.3 is 0 Å². The minimum Gasteiger partial charge on any atom is -0.501 e. The number of amides is 1. The van der Waals surface area contributed by atoms with Gasteiger partial charge in [-0.25, -0.2) is 9.19 Å². The number of carbonyl (C=O) groups excluding carboxylic acids is 1. The number of aromatic nitrogens is 2. The van der Waals surface area contributed by atoms with Crippen molar-refractivity contribution in [2.45, 2.75) is 19.4 Å². The summed E-state index contributed by atoms with van der Waals surface area (Å²) in [7, 11) is -1.26. The van der Waals surface area contributed by atoms with Crippen LogP contribution in [0, 0.1) is 0 Å². The molecule has 1 saturated heterocycles. The van der Waals surface area contributed by atoms with E-state index >= 15 is 0 Å². The summed E-state index contributed by atoms with van der Waals surface area (Å²) in [6, 6.07) is 11.9. The highest BCUT2D eigenvalue weighted by Crippen LogP contribution is 2.33. The number of halogens is 2. The van der Waals surface area contributed by atoms with Crippen molar-refractivity contribution in [3.05, 3.63) is 74.1 Å². The molecule has 0 spiro atoms. The van der Waals surface area contributed by atoms with Crippen LogP contribution in [0.25, 0.3) is 11.4 Å². The second-order valence-corrected chi connectivity index (χ2v) is 12.4. The predicted octanol–water partition coefficient (Wildman–Crippen LogP) is 3.65. The van der Waals surface area contributed by atoms with Gasteiger partial charge in [0.2, 0.25) is 5.75 Å². The third-order valence-electron chi connectivity index (χ3n) is 5.68. The Labute approximate surface area is 217 Å². The first kappa shape index (κ1) is 25.4. The lowest BCUT2D eigenvalue weighted by atomic mass is 10.1. The monoisotopic (exact) mass is 552 g/mol. The second kappa shape index (κ2) is 10.1. The molecule has 1 amide bonds. The molecular formula is C23H22Cl2N4O4S2. The molecule has 3 aromatic rings. The van der Waals surface area contributed by atoms with E-state index in [-0.39, 0.29) is 12.4 Å². The molecule has 1 aliphatic rings. The lowest BCUT2D eigenvalue weighted by Gasteiger charge is -2.32. The van der Waals surface area contributed by atoms with Crippen LogP contribution in [0.5, 0.6) is 5.75 Å². The van der Waals surface area contributed by atoms with Crippen LogP contribution in [-0.4, -0.2) is 37.1 Å². The van der Waals surface area contributed by atoms with Crippen LogP contribution in [-0.2, 0) is 33.5 Å². The molecule has 35 heavy (non-hydrogen) atoms. The lowest BCUT2D eigenvalue weighted by Crippen LogP contribution is -2.37. The molecule has 0 saturated carbocycles. The SMILES string of the molecule is Cn1c(-c2ccccc2N2CCCCS2(=O)=S)nc(C(=O)NCc2ccc(Cl)c(Cl)c2)c(O)c1=O. The van der Waals surface area contributed by atoms with Gasteiger partial charge < -0.3 is 10.4 Å². The maximum Gasteiger partial charge on any atom is 0.296 e. The molecule has 1 aliphatic heterocycles. The van der Waals surface area contributed by atoms with E-state index in [1.807, 2.05) is 0 Å². The van der Waals surface area contributed by atoms with Gasteiger partial charge in [-0.1, -0.05) is 41.4 Å². The molecule has 1 atom stereocenters. The van der Waals surface area contributed by atoms with Crippen molar-refractivity contribution in [3.63, 3.8) is 0 Å². The first-order chi connectivity index (χ1) is 16.6. The molecule has 0 radical (unpaired) electrons. The Hall–Kier alpha value is -2.66. The van der Waals surface area contributed by atoms with Gasteiger partial charge in [-0.15, -0.1) is 0 Å². The zero-order valence-corrected chi connectivity index (χ0v) is 21.8. The average molecular weight is 553 g/mol. The maximum atomic E-state index is 13.1. The molecule has 1 aromatic heterocycles. The standard InChI is InChI=1S/C23H22Cl2N4O4S2/c1-28-21(15-6-2-3-7-18(15)29-10-4-5-11-35(29,33)34)27-19(20(30)23(28)32)22(31)26-13-14-8-9-16(24)17(25)12-14/h2-3,6-9,12,30H,4-5,10-11,13H2,1H3,(H,26,31). The molecule has 2 heterocycles. The van der Waals surface area contributed by atoms with Crippen LogP contribution >= 0.6 is 23.2 Å². The van der Waals surface area contributed by atoms with E-state index in [4.69, 9.17) is 34.4 Å². The molecule has 184 valence electrons. The molecular weight excluding hydrogens is 531 g/mol. The molecule has 2 aromatic carbocycles. The first-order valence-corrected chi connectivity index (χ1v) is 14.1. The quantitative estimate of drug-likeness (QED) is 0.500. The minimum absolute atomic E-state index is 0.0732. The molecule has 8 nitrogen and oxygen atoms in total. The van der Waals surface area contributed by atoms with Gasteiger partial charge in [0.25, 0.3) is 11.5 Å². The van der Waals surface area contributed by atoms with Crippen molar-refractivity contribution in [1.82, 2.24) is 14.9 Å². The Morgan fingerprint density at radius 2 is 1.94 bits per heavy atom. The number of hydrogen-bond acceptors (Lipinski definition) is 6. The minimum atomic E-state index is -2.71. The van der Waals surface area contributed by atoms with Crippen molar-refractivity contribution >= 4 is 54.7 Å². The fourth-order valence-electron chi connectivity index (χ4n) is 3.84. The highest BCUT2D eigenvalue weighted by Gasteiger charge is 2.27. The van der Waals surface area contributed by atoms with Gasteiger partial charge in [-0.3, -0.25) is 18.5 Å². The zero-order chi connectivity index (χ0) is 25.3. The Balaban J connectivity index is 1.73. The fourth-order valence-corrected chi connectivity index (χ4v) is 6.64. The Morgan fingerprint density at radius 3 is 2.66 bits per heavy atom. The van der Waals surface area contributed by atoms with Gasteiger partial charge in [0, 0.05) is 42.6 Å². The van der Waals surface area contributed by atoms with E-state index in [0.717, 1.165) is 17.4 Å². The van der Waals surface area contributed by atoms with Gasteiger partial charge in [0.1, 0.15) is 14.5 Å². The third kappa shape index (κ3) is 5.16. The smallest absolute Gasteiger partial charge is 0.296 e. The second-order valence-electron chi connectivity index (χ2n) is 8.04. The number of nitrogens with one attached hydrogen (secondary N) is 1. The molecule has 1 fully saturated rings. The fraction of sp³-hybridized carbons (Fsp3) is 0.261. The summed E-state index contributed by atoms with van der Waals surface area (Å²) in [5, 5.41) is 13.8. The Morgan fingerprint density at radius 1 is 1.20 bits per heavy atom. The summed E-state index contributed by atoms with van der Waals surface area (Å²) in [6.45, 7) is 0.576. The van der Waals surface area contributed by atoms with Crippen molar-refractivity contribution in [1.29, 1.82) is 0 Å². The van der Waals surface area contributed by atoms with Crippen molar-refractivity contribution in [2.75, 3.05) is 16.6 Å². The van der Waals surface area contributed by atoms with Crippen LogP contribution in [0.2, 0.25) is 10.0 Å². The van der Waals surface area contributed by atoms with Crippen molar-refractivity contribution < 1.29 is 14.1 Å². The number of aromatic hydroxyl groups is 1. The van der Waals surface area contributed by atoms with Crippen LogP contribution in [0.1, 0.15) is 28.9 Å². The van der Waals surface area contributed by atoms with E-state index in [9.17, 15) is 18.9 Å².